The maximum Gasteiger partial charge on any atom is 0.232 e. The Morgan fingerprint density at radius 1 is 1.04 bits per heavy atom. The molecule has 1 aliphatic heterocycles. The van der Waals surface area contributed by atoms with Crippen LogP contribution in [-0.2, 0) is 6.54 Å². The fourth-order valence-electron chi connectivity index (χ4n) is 3.28. The lowest BCUT2D eigenvalue weighted by Crippen LogP contribution is -3.10. The molecule has 0 radical (unpaired) electrons. The van der Waals surface area contributed by atoms with Gasteiger partial charge in [-0.1, -0.05) is 17.7 Å². The lowest BCUT2D eigenvalue weighted by atomic mass is 10.1. The molecule has 0 aliphatic carbocycles. The van der Waals surface area contributed by atoms with Gasteiger partial charge in [0.1, 0.15) is 6.54 Å². The molecule has 6 heteroatoms. The highest BCUT2D eigenvalue weighted by molar-refractivity contribution is 5.59. The number of aryl methyl sites for hydroxylation is 2. The van der Waals surface area contributed by atoms with Crippen LogP contribution in [-0.4, -0.2) is 28.0 Å². The Morgan fingerprint density at radius 3 is 2.50 bits per heavy atom. The summed E-state index contributed by atoms with van der Waals surface area (Å²) in [5, 5.41) is 3.28. The van der Waals surface area contributed by atoms with Crippen molar-refractivity contribution < 1.29 is 4.90 Å². The third kappa shape index (κ3) is 4.41. The van der Waals surface area contributed by atoms with E-state index in [4.69, 9.17) is 5.73 Å². The molecule has 3 rings (SSSR count). The number of hydrogen-bond donors (Lipinski definition) is 3. The summed E-state index contributed by atoms with van der Waals surface area (Å²) >= 11 is 0. The van der Waals surface area contributed by atoms with Crippen LogP contribution < -0.4 is 16.0 Å². The second-order valence-corrected chi connectivity index (χ2v) is 6.72. The van der Waals surface area contributed by atoms with Crippen molar-refractivity contribution in [2.75, 3.05) is 24.1 Å². The molecule has 1 aliphatic rings. The number of anilines is 3. The molecule has 0 atom stereocenters. The number of likely N-dealkylation sites (tertiary alicyclic amines) is 1. The number of quaternary nitrogens is 1. The number of nitrogens with one attached hydrogen (secondary N) is 2. The number of hydrogen-bond acceptors (Lipinski definition) is 5. The van der Waals surface area contributed by atoms with E-state index < -0.39 is 0 Å². The number of nitrogens with zero attached hydrogens (tertiary/aromatic N) is 3. The predicted octanol–water partition coefficient (Wildman–Crippen LogP) is 1.77. The third-order valence-electron chi connectivity index (χ3n) is 4.55. The lowest BCUT2D eigenvalue weighted by molar-refractivity contribution is -0.913. The zero-order valence-electron chi connectivity index (χ0n) is 14.6. The maximum absolute atomic E-state index is 5.90. The Morgan fingerprint density at radius 2 is 1.79 bits per heavy atom. The first-order valence-corrected chi connectivity index (χ1v) is 8.78. The van der Waals surface area contributed by atoms with Gasteiger partial charge in [0.2, 0.25) is 11.9 Å². The first-order valence-electron chi connectivity index (χ1n) is 8.78. The summed E-state index contributed by atoms with van der Waals surface area (Å²) < 4.78 is 0. The average Bonchev–Trinajstić information content (AvgIpc) is 2.78. The van der Waals surface area contributed by atoms with Crippen molar-refractivity contribution in [3.63, 3.8) is 0 Å². The second kappa shape index (κ2) is 7.57. The largest absolute Gasteiger partial charge is 0.368 e. The van der Waals surface area contributed by atoms with Crippen LogP contribution in [0.3, 0.4) is 0 Å². The van der Waals surface area contributed by atoms with Gasteiger partial charge in [-0.25, -0.2) is 0 Å². The summed E-state index contributed by atoms with van der Waals surface area (Å²) in [7, 11) is 0. The van der Waals surface area contributed by atoms with Crippen LogP contribution in [0.2, 0.25) is 0 Å². The SMILES string of the molecule is Cc1ccc(Nc2nc(N)nc(C[NH+]3CCCCCC3)n2)c(C)c1. The minimum atomic E-state index is 0.279. The molecule has 0 amide bonds. The molecule has 0 spiro atoms. The Kier molecular flexibility index (Phi) is 5.25. The number of nitrogen functional groups attached to an aromatic ring is 1. The van der Waals surface area contributed by atoms with E-state index in [-0.39, 0.29) is 5.95 Å². The molecule has 128 valence electrons. The fraction of sp³-hybridized carbons (Fsp3) is 0.500. The van der Waals surface area contributed by atoms with Crippen molar-refractivity contribution in [3.8, 4) is 0 Å². The molecule has 1 fully saturated rings. The number of rotatable bonds is 4. The van der Waals surface area contributed by atoms with Gasteiger partial charge in [-0.05, 0) is 51.2 Å². The molecule has 0 unspecified atom stereocenters. The molecule has 6 nitrogen and oxygen atoms in total. The van der Waals surface area contributed by atoms with Crippen LogP contribution in [0, 0.1) is 13.8 Å². The highest BCUT2D eigenvalue weighted by Crippen LogP contribution is 2.19. The zero-order valence-corrected chi connectivity index (χ0v) is 14.6. The quantitative estimate of drug-likeness (QED) is 0.797. The van der Waals surface area contributed by atoms with Crippen LogP contribution in [0.5, 0.6) is 0 Å². The van der Waals surface area contributed by atoms with Crippen molar-refractivity contribution in [2.24, 2.45) is 0 Å². The molecule has 1 aromatic carbocycles. The smallest absolute Gasteiger partial charge is 0.232 e. The van der Waals surface area contributed by atoms with E-state index in [2.05, 4.69) is 46.2 Å². The Labute approximate surface area is 143 Å². The summed E-state index contributed by atoms with van der Waals surface area (Å²) in [6.45, 7) is 7.34. The maximum atomic E-state index is 5.90. The molecular formula is C18H27N6+. The van der Waals surface area contributed by atoms with Crippen LogP contribution in [0.25, 0.3) is 0 Å². The molecule has 0 bridgehead atoms. The van der Waals surface area contributed by atoms with Crippen molar-refractivity contribution in [1.82, 2.24) is 15.0 Å². The van der Waals surface area contributed by atoms with E-state index in [0.717, 1.165) is 23.6 Å². The molecule has 2 heterocycles. The van der Waals surface area contributed by atoms with Gasteiger partial charge in [0.25, 0.3) is 0 Å². The van der Waals surface area contributed by atoms with E-state index in [0.29, 0.717) is 5.95 Å². The van der Waals surface area contributed by atoms with Crippen LogP contribution in [0.1, 0.15) is 42.6 Å². The van der Waals surface area contributed by atoms with E-state index in [9.17, 15) is 0 Å². The van der Waals surface area contributed by atoms with Crippen LogP contribution >= 0.6 is 0 Å². The highest BCUT2D eigenvalue weighted by atomic mass is 15.2. The lowest BCUT2D eigenvalue weighted by Gasteiger charge is -2.16. The number of aromatic nitrogens is 3. The molecule has 4 N–H and O–H groups in total. The van der Waals surface area contributed by atoms with Gasteiger partial charge in [0.15, 0.2) is 5.82 Å². The highest BCUT2D eigenvalue weighted by Gasteiger charge is 2.16. The van der Waals surface area contributed by atoms with Gasteiger partial charge >= 0.3 is 0 Å². The Hall–Kier alpha value is -2.21. The summed E-state index contributed by atoms with van der Waals surface area (Å²) in [6.07, 6.45) is 5.23. The monoisotopic (exact) mass is 327 g/mol. The minimum Gasteiger partial charge on any atom is -0.368 e. The normalized spacial score (nSPS) is 15.9. The van der Waals surface area contributed by atoms with Crippen LogP contribution in [0.15, 0.2) is 18.2 Å². The van der Waals surface area contributed by atoms with Gasteiger partial charge in [0.05, 0.1) is 13.1 Å². The summed E-state index contributed by atoms with van der Waals surface area (Å²) in [5.74, 6) is 1.58. The van der Waals surface area contributed by atoms with Gasteiger partial charge in [-0.15, -0.1) is 0 Å². The molecule has 0 saturated carbocycles. The van der Waals surface area contributed by atoms with Crippen molar-refractivity contribution >= 4 is 17.6 Å². The van der Waals surface area contributed by atoms with Crippen molar-refractivity contribution in [1.29, 1.82) is 0 Å². The van der Waals surface area contributed by atoms with E-state index in [1.54, 1.807) is 0 Å². The van der Waals surface area contributed by atoms with E-state index in [1.165, 1.54) is 49.2 Å². The van der Waals surface area contributed by atoms with Crippen LogP contribution in [0.4, 0.5) is 17.6 Å². The summed E-state index contributed by atoms with van der Waals surface area (Å²) in [5.41, 5.74) is 9.29. The average molecular weight is 327 g/mol. The number of benzene rings is 1. The number of nitrogens with two attached hydrogens (primary N) is 1. The Bertz CT molecular complexity index is 692. The van der Waals surface area contributed by atoms with Crippen molar-refractivity contribution in [3.05, 3.63) is 35.2 Å². The minimum absolute atomic E-state index is 0.279. The summed E-state index contributed by atoms with van der Waals surface area (Å²) in [6, 6.07) is 6.25. The van der Waals surface area contributed by atoms with Crippen molar-refractivity contribution in [2.45, 2.75) is 46.1 Å². The molecule has 1 aromatic heterocycles. The van der Waals surface area contributed by atoms with E-state index in [1.807, 2.05) is 6.07 Å². The van der Waals surface area contributed by atoms with Gasteiger partial charge in [-0.2, -0.15) is 15.0 Å². The fourth-order valence-corrected chi connectivity index (χ4v) is 3.28. The first kappa shape index (κ1) is 16.6. The molecule has 2 aromatic rings. The third-order valence-corrected chi connectivity index (χ3v) is 4.55. The van der Waals surface area contributed by atoms with Gasteiger partial charge in [0, 0.05) is 5.69 Å². The first-order chi connectivity index (χ1) is 11.6. The summed E-state index contributed by atoms with van der Waals surface area (Å²) in [4.78, 5) is 14.7. The predicted molar refractivity (Wildman–Crippen MR) is 96.3 cm³/mol. The standard InChI is InChI=1S/C18H26N6/c1-13-7-8-15(14(2)11-13)20-18-22-16(21-17(19)23-18)12-24-9-5-3-4-6-10-24/h7-8,11H,3-6,9-10,12H2,1-2H3,(H3,19,20,21,22,23)/p+1. The Balaban J connectivity index is 1.75. The molecule has 1 saturated heterocycles. The molecular weight excluding hydrogens is 300 g/mol. The zero-order chi connectivity index (χ0) is 16.9. The van der Waals surface area contributed by atoms with Gasteiger partial charge < -0.3 is 16.0 Å². The second-order valence-electron chi connectivity index (χ2n) is 6.72. The van der Waals surface area contributed by atoms with E-state index >= 15 is 0 Å². The topological polar surface area (TPSA) is 81.2 Å². The van der Waals surface area contributed by atoms with Gasteiger partial charge in [-0.3, -0.25) is 0 Å². The molecule has 24 heavy (non-hydrogen) atoms.